The average molecular weight is 275 g/mol. The molecule has 20 heavy (non-hydrogen) atoms. The number of carbonyl (C=O) groups excluding carboxylic acids is 1. The van der Waals surface area contributed by atoms with Crippen LogP contribution in [0, 0.1) is 6.92 Å². The summed E-state index contributed by atoms with van der Waals surface area (Å²) in [6.07, 6.45) is 1.03. The number of aryl methyl sites for hydroxylation is 1. The zero-order valence-electron chi connectivity index (χ0n) is 13.4. The van der Waals surface area contributed by atoms with Crippen molar-refractivity contribution in [3.8, 4) is 0 Å². The number of anilines is 1. The number of hydrogen-bond donors (Lipinski definition) is 0. The van der Waals surface area contributed by atoms with Crippen molar-refractivity contribution in [2.45, 2.75) is 58.5 Å². The Morgan fingerprint density at radius 2 is 2.10 bits per heavy atom. The van der Waals surface area contributed by atoms with Gasteiger partial charge in [-0.15, -0.1) is 0 Å². The Labute approximate surface area is 121 Å². The zero-order valence-corrected chi connectivity index (χ0v) is 13.4. The number of esters is 1. The van der Waals surface area contributed by atoms with E-state index in [9.17, 15) is 4.79 Å². The lowest BCUT2D eigenvalue weighted by molar-refractivity contribution is -0.142. The minimum atomic E-state index is -0.275. The number of nitrogens with zero attached hydrogens (tertiary/aromatic N) is 1. The first kappa shape index (κ1) is 14.9. The number of fused-ring (bicyclic) bond motifs is 1. The van der Waals surface area contributed by atoms with Gasteiger partial charge in [-0.3, -0.25) is 0 Å². The highest BCUT2D eigenvalue weighted by Crippen LogP contribution is 2.44. The van der Waals surface area contributed by atoms with Gasteiger partial charge < -0.3 is 9.64 Å². The Balaban J connectivity index is 2.56. The van der Waals surface area contributed by atoms with Gasteiger partial charge >= 0.3 is 5.97 Å². The first-order chi connectivity index (χ1) is 9.27. The first-order valence-electron chi connectivity index (χ1n) is 7.25. The predicted octanol–water partition coefficient (Wildman–Crippen LogP) is 3.65. The van der Waals surface area contributed by atoms with Crippen LogP contribution in [0.5, 0.6) is 0 Å². The average Bonchev–Trinajstić information content (AvgIpc) is 2.35. The zero-order chi connectivity index (χ0) is 15.1. The predicted molar refractivity (Wildman–Crippen MR) is 82.2 cm³/mol. The van der Waals surface area contributed by atoms with E-state index in [2.05, 4.69) is 50.8 Å². The van der Waals surface area contributed by atoms with Crippen LogP contribution in [0.2, 0.25) is 0 Å². The topological polar surface area (TPSA) is 29.5 Å². The van der Waals surface area contributed by atoms with E-state index in [4.69, 9.17) is 4.74 Å². The number of benzene rings is 1. The molecule has 0 aliphatic carbocycles. The Kier molecular flexibility index (Phi) is 3.81. The molecule has 3 heteroatoms. The lowest BCUT2D eigenvalue weighted by Crippen LogP contribution is -2.55. The third kappa shape index (κ3) is 2.41. The molecule has 2 rings (SSSR count). The van der Waals surface area contributed by atoms with Gasteiger partial charge in [0.05, 0.1) is 7.11 Å². The fourth-order valence-corrected chi connectivity index (χ4v) is 3.57. The van der Waals surface area contributed by atoms with Gasteiger partial charge in [0, 0.05) is 11.2 Å². The summed E-state index contributed by atoms with van der Waals surface area (Å²) < 4.78 is 4.95. The van der Waals surface area contributed by atoms with Gasteiger partial charge in [-0.25, -0.2) is 4.79 Å². The van der Waals surface area contributed by atoms with Gasteiger partial charge in [0.15, 0.2) is 0 Å². The van der Waals surface area contributed by atoms with E-state index in [-0.39, 0.29) is 17.6 Å². The minimum Gasteiger partial charge on any atom is -0.467 e. The van der Waals surface area contributed by atoms with Gasteiger partial charge in [-0.1, -0.05) is 19.1 Å². The quantitative estimate of drug-likeness (QED) is 0.772. The Hall–Kier alpha value is -1.51. The van der Waals surface area contributed by atoms with E-state index in [1.54, 1.807) is 0 Å². The molecular weight excluding hydrogens is 250 g/mol. The third-order valence-electron chi connectivity index (χ3n) is 4.36. The molecule has 1 heterocycles. The number of methoxy groups -OCH3 is 1. The Bertz CT molecular complexity index is 522. The van der Waals surface area contributed by atoms with E-state index in [0.29, 0.717) is 5.92 Å². The van der Waals surface area contributed by atoms with Crippen LogP contribution in [0.15, 0.2) is 18.2 Å². The van der Waals surface area contributed by atoms with E-state index < -0.39 is 0 Å². The molecular formula is C17H25NO2. The Morgan fingerprint density at radius 1 is 1.45 bits per heavy atom. The fraction of sp³-hybridized carbons (Fsp3) is 0.588. The van der Waals surface area contributed by atoms with E-state index in [1.165, 1.54) is 23.9 Å². The molecule has 0 saturated heterocycles. The number of ether oxygens (including phenoxy) is 1. The first-order valence-corrected chi connectivity index (χ1v) is 7.25. The highest BCUT2D eigenvalue weighted by Gasteiger charge is 2.41. The van der Waals surface area contributed by atoms with Gasteiger partial charge in [0.1, 0.15) is 6.04 Å². The second-order valence-electron chi connectivity index (χ2n) is 6.55. The normalized spacial score (nSPS) is 22.1. The van der Waals surface area contributed by atoms with Crippen molar-refractivity contribution in [3.63, 3.8) is 0 Å². The van der Waals surface area contributed by atoms with Crippen LogP contribution < -0.4 is 4.90 Å². The summed E-state index contributed by atoms with van der Waals surface area (Å²) in [5.74, 6) is 0.321. The van der Waals surface area contributed by atoms with E-state index in [0.717, 1.165) is 6.42 Å². The molecule has 3 nitrogen and oxygen atoms in total. The largest absolute Gasteiger partial charge is 0.467 e. The van der Waals surface area contributed by atoms with Crippen LogP contribution in [0.25, 0.3) is 0 Å². The molecule has 1 aromatic rings. The molecule has 0 fully saturated rings. The number of rotatable bonds is 2. The van der Waals surface area contributed by atoms with Gasteiger partial charge in [0.2, 0.25) is 0 Å². The molecule has 0 bridgehead atoms. The summed E-state index contributed by atoms with van der Waals surface area (Å²) >= 11 is 0. The number of hydrogen-bond acceptors (Lipinski definition) is 3. The molecule has 0 saturated carbocycles. The summed E-state index contributed by atoms with van der Waals surface area (Å²) in [5, 5.41) is 0. The second kappa shape index (κ2) is 5.12. The lowest BCUT2D eigenvalue weighted by Gasteiger charge is -2.49. The molecule has 0 amide bonds. The monoisotopic (exact) mass is 275 g/mol. The fourth-order valence-electron chi connectivity index (χ4n) is 3.57. The molecule has 0 unspecified atom stereocenters. The summed E-state index contributed by atoms with van der Waals surface area (Å²) in [6, 6.07) is 6.26. The van der Waals surface area contributed by atoms with Gasteiger partial charge in [-0.2, -0.15) is 0 Å². The third-order valence-corrected chi connectivity index (χ3v) is 4.36. The van der Waals surface area contributed by atoms with Gasteiger partial charge in [-0.05, 0) is 57.2 Å². The summed E-state index contributed by atoms with van der Waals surface area (Å²) in [4.78, 5) is 14.2. The summed E-state index contributed by atoms with van der Waals surface area (Å²) in [7, 11) is 1.45. The molecule has 0 N–H and O–H groups in total. The molecule has 0 aromatic heterocycles. The highest BCUT2D eigenvalue weighted by molar-refractivity contribution is 5.81. The van der Waals surface area contributed by atoms with Gasteiger partial charge in [0.25, 0.3) is 0 Å². The van der Waals surface area contributed by atoms with Crippen molar-refractivity contribution in [2.75, 3.05) is 12.0 Å². The van der Waals surface area contributed by atoms with Crippen molar-refractivity contribution in [3.05, 3.63) is 29.3 Å². The molecule has 1 aliphatic heterocycles. The molecule has 2 atom stereocenters. The molecule has 0 radical (unpaired) electrons. The van der Waals surface area contributed by atoms with Crippen molar-refractivity contribution in [1.29, 1.82) is 0 Å². The van der Waals surface area contributed by atoms with Crippen LogP contribution in [0.1, 0.15) is 51.2 Å². The minimum absolute atomic E-state index is 0.0617. The van der Waals surface area contributed by atoms with Crippen LogP contribution in [-0.4, -0.2) is 24.7 Å². The standard InChI is InChI=1S/C17H25NO2/c1-11-7-8-14-12(2)10-17(4,5)18(15(14)9-11)13(3)16(19)20-6/h7-9,12-13H,10H2,1-6H3/t12-,13-/m0/s1. The van der Waals surface area contributed by atoms with Crippen molar-refractivity contribution in [2.24, 2.45) is 0 Å². The Morgan fingerprint density at radius 3 is 2.70 bits per heavy atom. The maximum atomic E-state index is 12.0. The highest BCUT2D eigenvalue weighted by atomic mass is 16.5. The molecule has 1 aliphatic rings. The smallest absolute Gasteiger partial charge is 0.328 e. The van der Waals surface area contributed by atoms with Crippen LogP contribution in [-0.2, 0) is 9.53 Å². The maximum Gasteiger partial charge on any atom is 0.328 e. The van der Waals surface area contributed by atoms with Crippen LogP contribution >= 0.6 is 0 Å². The van der Waals surface area contributed by atoms with Crippen molar-refractivity contribution in [1.82, 2.24) is 0 Å². The van der Waals surface area contributed by atoms with E-state index in [1.807, 2.05) is 6.92 Å². The molecule has 1 aromatic carbocycles. The summed E-state index contributed by atoms with van der Waals surface area (Å²) in [6.45, 7) is 10.7. The SMILES string of the molecule is COC(=O)[C@H](C)N1c2cc(C)ccc2[C@@H](C)CC1(C)C. The van der Waals surface area contributed by atoms with Crippen LogP contribution in [0.3, 0.4) is 0 Å². The van der Waals surface area contributed by atoms with E-state index >= 15 is 0 Å². The maximum absolute atomic E-state index is 12.0. The second-order valence-corrected chi connectivity index (χ2v) is 6.55. The van der Waals surface area contributed by atoms with Crippen molar-refractivity contribution < 1.29 is 9.53 Å². The number of carbonyl (C=O) groups is 1. The van der Waals surface area contributed by atoms with Crippen LogP contribution in [0.4, 0.5) is 5.69 Å². The molecule has 110 valence electrons. The molecule has 0 spiro atoms. The lowest BCUT2D eigenvalue weighted by atomic mass is 9.79. The summed E-state index contributed by atoms with van der Waals surface area (Å²) in [5.41, 5.74) is 3.65. The van der Waals surface area contributed by atoms with Crippen molar-refractivity contribution >= 4 is 11.7 Å².